The molecule has 0 aliphatic rings. The number of nitrogen functional groups attached to an aromatic ring is 1. The molecule has 0 atom stereocenters. The van der Waals surface area contributed by atoms with Gasteiger partial charge in [0, 0.05) is 12.0 Å². The molecule has 7 heteroatoms. The zero-order valence-corrected chi connectivity index (χ0v) is 14.0. The molecule has 1 heterocycles. The summed E-state index contributed by atoms with van der Waals surface area (Å²) in [6.07, 6.45) is 0. The Morgan fingerprint density at radius 3 is 2.29 bits per heavy atom. The SMILES string of the molecule is Cc1c(N)nc(C(C)C)nc1Oc1cc(Cl)c(Cl)cc1Cl. The number of aromatic nitrogens is 2. The fraction of sp³-hybridized carbons (Fsp3) is 0.286. The topological polar surface area (TPSA) is 61.0 Å². The van der Waals surface area contributed by atoms with Crippen LogP contribution in [-0.2, 0) is 0 Å². The number of halogens is 3. The zero-order valence-electron chi connectivity index (χ0n) is 11.7. The maximum atomic E-state index is 6.10. The van der Waals surface area contributed by atoms with Crippen LogP contribution in [0.2, 0.25) is 15.1 Å². The standard InChI is InChI=1S/C14H14Cl3N3O/c1-6(2)13-19-12(18)7(3)14(20-13)21-11-5-9(16)8(15)4-10(11)17/h4-6H,1-3H3,(H2,18,19,20). The second kappa shape index (κ2) is 6.26. The molecule has 0 saturated heterocycles. The first kappa shape index (κ1) is 16.1. The summed E-state index contributed by atoms with van der Waals surface area (Å²) in [6.45, 7) is 5.72. The lowest BCUT2D eigenvalue weighted by atomic mass is 10.2. The van der Waals surface area contributed by atoms with Crippen LogP contribution < -0.4 is 10.5 Å². The van der Waals surface area contributed by atoms with E-state index in [0.717, 1.165) is 0 Å². The van der Waals surface area contributed by atoms with E-state index in [9.17, 15) is 0 Å². The fourth-order valence-electron chi connectivity index (χ4n) is 1.57. The Labute approximate surface area is 138 Å². The van der Waals surface area contributed by atoms with E-state index in [4.69, 9.17) is 45.3 Å². The molecule has 0 unspecified atom stereocenters. The van der Waals surface area contributed by atoms with Crippen LogP contribution in [0.1, 0.15) is 31.2 Å². The molecule has 21 heavy (non-hydrogen) atoms. The number of hydrogen-bond acceptors (Lipinski definition) is 4. The van der Waals surface area contributed by atoms with Crippen molar-refractivity contribution in [2.24, 2.45) is 0 Å². The molecule has 0 fully saturated rings. The van der Waals surface area contributed by atoms with Crippen LogP contribution in [0.25, 0.3) is 0 Å². The molecule has 4 nitrogen and oxygen atoms in total. The predicted octanol–water partition coefficient (Wildman–Crippen LogP) is 5.24. The first-order valence-electron chi connectivity index (χ1n) is 6.26. The highest BCUT2D eigenvalue weighted by Crippen LogP contribution is 2.37. The summed E-state index contributed by atoms with van der Waals surface area (Å²) in [6, 6.07) is 3.06. The fourth-order valence-corrected chi connectivity index (χ4v) is 2.15. The van der Waals surface area contributed by atoms with Crippen LogP contribution in [0, 0.1) is 6.92 Å². The van der Waals surface area contributed by atoms with Gasteiger partial charge in [0.25, 0.3) is 0 Å². The maximum absolute atomic E-state index is 6.10. The van der Waals surface area contributed by atoms with Crippen LogP contribution in [0.5, 0.6) is 11.6 Å². The van der Waals surface area contributed by atoms with Crippen LogP contribution in [0.3, 0.4) is 0 Å². The molecule has 0 spiro atoms. The van der Waals surface area contributed by atoms with Crippen molar-refractivity contribution in [3.8, 4) is 11.6 Å². The minimum Gasteiger partial charge on any atom is -0.437 e. The van der Waals surface area contributed by atoms with Gasteiger partial charge in [0.15, 0.2) is 0 Å². The number of nitrogens with zero attached hydrogens (tertiary/aromatic N) is 2. The number of nitrogens with two attached hydrogens (primary N) is 1. The Kier molecular flexibility index (Phi) is 4.81. The molecule has 0 aliphatic carbocycles. The van der Waals surface area contributed by atoms with E-state index in [1.54, 1.807) is 13.0 Å². The maximum Gasteiger partial charge on any atom is 0.227 e. The van der Waals surface area contributed by atoms with Crippen molar-refractivity contribution in [2.45, 2.75) is 26.7 Å². The molecule has 0 bridgehead atoms. The third kappa shape index (κ3) is 3.51. The van der Waals surface area contributed by atoms with Gasteiger partial charge in [-0.05, 0) is 13.0 Å². The average Bonchev–Trinajstić information content (AvgIpc) is 2.40. The summed E-state index contributed by atoms with van der Waals surface area (Å²) in [5.41, 5.74) is 6.53. The van der Waals surface area contributed by atoms with Crippen LogP contribution in [0.4, 0.5) is 5.82 Å². The normalized spacial score (nSPS) is 11.0. The van der Waals surface area contributed by atoms with Crippen LogP contribution in [0.15, 0.2) is 12.1 Å². The lowest BCUT2D eigenvalue weighted by Gasteiger charge is -2.13. The summed E-state index contributed by atoms with van der Waals surface area (Å²) < 4.78 is 5.74. The van der Waals surface area contributed by atoms with Gasteiger partial charge in [-0.1, -0.05) is 48.7 Å². The second-order valence-corrected chi connectivity index (χ2v) is 6.07. The Morgan fingerprint density at radius 2 is 1.67 bits per heavy atom. The largest absolute Gasteiger partial charge is 0.437 e. The molecular weight excluding hydrogens is 333 g/mol. The molecule has 2 rings (SSSR count). The van der Waals surface area contributed by atoms with Crippen molar-refractivity contribution in [3.05, 3.63) is 38.6 Å². The van der Waals surface area contributed by atoms with Crippen molar-refractivity contribution in [2.75, 3.05) is 5.73 Å². The third-order valence-corrected chi connectivity index (χ3v) is 3.87. The first-order valence-corrected chi connectivity index (χ1v) is 7.39. The Balaban J connectivity index is 2.46. The highest BCUT2D eigenvalue weighted by Gasteiger charge is 2.15. The highest BCUT2D eigenvalue weighted by atomic mass is 35.5. The lowest BCUT2D eigenvalue weighted by Crippen LogP contribution is -2.06. The Hall–Kier alpha value is -1.23. The van der Waals surface area contributed by atoms with Gasteiger partial charge in [0.2, 0.25) is 5.88 Å². The smallest absolute Gasteiger partial charge is 0.227 e. The minimum absolute atomic E-state index is 0.125. The van der Waals surface area contributed by atoms with Gasteiger partial charge in [-0.2, -0.15) is 4.98 Å². The quantitative estimate of drug-likeness (QED) is 0.772. The highest BCUT2D eigenvalue weighted by molar-refractivity contribution is 6.43. The van der Waals surface area contributed by atoms with E-state index < -0.39 is 0 Å². The van der Waals surface area contributed by atoms with Gasteiger partial charge < -0.3 is 10.5 Å². The number of hydrogen-bond donors (Lipinski definition) is 1. The van der Waals surface area contributed by atoms with Crippen molar-refractivity contribution in [1.29, 1.82) is 0 Å². The van der Waals surface area contributed by atoms with E-state index in [-0.39, 0.29) is 5.92 Å². The van der Waals surface area contributed by atoms with Gasteiger partial charge in [0.1, 0.15) is 17.4 Å². The molecule has 0 amide bonds. The molecule has 112 valence electrons. The van der Waals surface area contributed by atoms with E-state index >= 15 is 0 Å². The summed E-state index contributed by atoms with van der Waals surface area (Å²) >= 11 is 18.0. The lowest BCUT2D eigenvalue weighted by molar-refractivity contribution is 0.453. The van der Waals surface area contributed by atoms with Gasteiger partial charge in [0.05, 0.1) is 20.6 Å². The number of anilines is 1. The van der Waals surface area contributed by atoms with E-state index in [2.05, 4.69) is 9.97 Å². The van der Waals surface area contributed by atoms with Gasteiger partial charge in [-0.25, -0.2) is 4.98 Å². The molecule has 0 aliphatic heterocycles. The van der Waals surface area contributed by atoms with Gasteiger partial charge >= 0.3 is 0 Å². The summed E-state index contributed by atoms with van der Waals surface area (Å²) in [7, 11) is 0. The minimum atomic E-state index is 0.125. The van der Waals surface area contributed by atoms with Crippen molar-refractivity contribution in [1.82, 2.24) is 9.97 Å². The van der Waals surface area contributed by atoms with E-state index in [1.165, 1.54) is 6.07 Å². The van der Waals surface area contributed by atoms with Crippen molar-refractivity contribution >= 4 is 40.6 Å². The van der Waals surface area contributed by atoms with Crippen LogP contribution >= 0.6 is 34.8 Å². The second-order valence-electron chi connectivity index (χ2n) is 4.85. The predicted molar refractivity (Wildman–Crippen MR) is 86.8 cm³/mol. The molecule has 1 aromatic carbocycles. The first-order chi connectivity index (χ1) is 9.79. The summed E-state index contributed by atoms with van der Waals surface area (Å²) in [4.78, 5) is 8.61. The van der Waals surface area contributed by atoms with Gasteiger partial charge in [-0.3, -0.25) is 0 Å². The molecular formula is C14H14Cl3N3O. The van der Waals surface area contributed by atoms with Gasteiger partial charge in [-0.15, -0.1) is 0 Å². The Bertz CT molecular complexity index is 690. The molecule has 0 saturated carbocycles. The number of rotatable bonds is 3. The Morgan fingerprint density at radius 1 is 1.05 bits per heavy atom. The molecule has 1 aromatic heterocycles. The van der Waals surface area contributed by atoms with E-state index in [1.807, 2.05) is 13.8 Å². The zero-order chi connectivity index (χ0) is 15.7. The summed E-state index contributed by atoms with van der Waals surface area (Å²) in [5.74, 6) is 1.82. The summed E-state index contributed by atoms with van der Waals surface area (Å²) in [5, 5.41) is 1.04. The molecule has 0 radical (unpaired) electrons. The third-order valence-electron chi connectivity index (χ3n) is 2.85. The number of benzene rings is 1. The number of ether oxygens (including phenoxy) is 1. The average molecular weight is 347 g/mol. The van der Waals surface area contributed by atoms with Crippen molar-refractivity contribution < 1.29 is 4.74 Å². The van der Waals surface area contributed by atoms with Crippen molar-refractivity contribution in [3.63, 3.8) is 0 Å². The van der Waals surface area contributed by atoms with Crippen LogP contribution in [-0.4, -0.2) is 9.97 Å². The molecule has 2 N–H and O–H groups in total. The van der Waals surface area contributed by atoms with E-state index in [0.29, 0.717) is 43.9 Å². The monoisotopic (exact) mass is 345 g/mol. The molecule has 2 aromatic rings.